The molecule has 26 heavy (non-hydrogen) atoms. The maximum atomic E-state index is 12.5. The third-order valence-corrected chi connectivity index (χ3v) is 3.37. The lowest BCUT2D eigenvalue weighted by Crippen LogP contribution is -2.37. The van der Waals surface area contributed by atoms with E-state index in [2.05, 4.69) is 20.4 Å². The highest BCUT2D eigenvalue weighted by molar-refractivity contribution is 14.0. The number of rotatable bonds is 11. The van der Waals surface area contributed by atoms with Crippen LogP contribution < -0.4 is 20.1 Å². The Morgan fingerprint density at radius 2 is 2.00 bits per heavy atom. The van der Waals surface area contributed by atoms with Crippen molar-refractivity contribution in [1.29, 1.82) is 0 Å². The Labute approximate surface area is 170 Å². The summed E-state index contributed by atoms with van der Waals surface area (Å²) in [6.45, 7) is 1.57. The van der Waals surface area contributed by atoms with E-state index < -0.39 is 6.61 Å². The van der Waals surface area contributed by atoms with Crippen molar-refractivity contribution >= 4 is 29.9 Å². The topological polar surface area (TPSA) is 64.1 Å². The molecule has 0 bridgehead atoms. The van der Waals surface area contributed by atoms with E-state index in [0.29, 0.717) is 17.3 Å². The van der Waals surface area contributed by atoms with E-state index in [1.165, 1.54) is 13.2 Å². The van der Waals surface area contributed by atoms with Crippen LogP contribution in [0.2, 0.25) is 0 Å². The van der Waals surface area contributed by atoms with Gasteiger partial charge in [0.15, 0.2) is 5.96 Å². The molecule has 6 nitrogen and oxygen atoms in total. The molecule has 9 heteroatoms. The molecule has 0 heterocycles. The number of nitrogens with one attached hydrogen (secondary N) is 2. The fraction of sp³-hybridized carbons (Fsp3) is 0.588. The van der Waals surface area contributed by atoms with E-state index >= 15 is 0 Å². The predicted molar refractivity (Wildman–Crippen MR) is 109 cm³/mol. The quantitative estimate of drug-likeness (QED) is 0.217. The number of nitrogens with zero attached hydrogens (tertiary/aromatic N) is 1. The van der Waals surface area contributed by atoms with E-state index in [1.807, 2.05) is 6.92 Å². The van der Waals surface area contributed by atoms with Crippen LogP contribution in [0, 0.1) is 0 Å². The summed E-state index contributed by atoms with van der Waals surface area (Å²) in [5.74, 6) is 1.26. The number of ether oxygens (including phenoxy) is 3. The largest absolute Gasteiger partial charge is 0.497 e. The minimum Gasteiger partial charge on any atom is -0.497 e. The summed E-state index contributed by atoms with van der Waals surface area (Å²) in [6, 6.07) is 4.69. The zero-order valence-electron chi connectivity index (χ0n) is 15.4. The van der Waals surface area contributed by atoms with Gasteiger partial charge in [-0.15, -0.1) is 24.0 Å². The highest BCUT2D eigenvalue weighted by Crippen LogP contribution is 2.25. The summed E-state index contributed by atoms with van der Waals surface area (Å²) in [4.78, 5) is 4.11. The molecule has 1 aromatic rings. The molecule has 0 unspecified atom stereocenters. The fourth-order valence-electron chi connectivity index (χ4n) is 2.11. The molecular formula is C17H28F2IN3O3. The lowest BCUT2D eigenvalue weighted by atomic mass is 10.2. The van der Waals surface area contributed by atoms with Gasteiger partial charge in [0.2, 0.25) is 0 Å². The number of methoxy groups -OCH3 is 1. The molecule has 2 N–H and O–H groups in total. The monoisotopic (exact) mass is 487 g/mol. The summed E-state index contributed by atoms with van der Waals surface area (Å²) in [7, 11) is 3.17. The van der Waals surface area contributed by atoms with Gasteiger partial charge in [-0.05, 0) is 38.0 Å². The summed E-state index contributed by atoms with van der Waals surface area (Å²) >= 11 is 0. The molecule has 0 aliphatic carbocycles. The van der Waals surface area contributed by atoms with Crippen LogP contribution in [0.15, 0.2) is 23.2 Å². The van der Waals surface area contributed by atoms with Crippen LogP contribution in [0.1, 0.15) is 25.3 Å². The molecule has 0 amide bonds. The van der Waals surface area contributed by atoms with Gasteiger partial charge < -0.3 is 24.8 Å². The number of aliphatic imine (C=N–C) groups is 1. The Balaban J connectivity index is 0.00000625. The highest BCUT2D eigenvalue weighted by Gasteiger charge is 2.11. The molecule has 0 fully saturated rings. The third-order valence-electron chi connectivity index (χ3n) is 3.37. The SMILES string of the molecule is CCOCCCCNC(=NC)NCc1cc(OC)ccc1OC(F)F.I. The average molecular weight is 487 g/mol. The maximum absolute atomic E-state index is 12.5. The van der Waals surface area contributed by atoms with Crippen LogP contribution in [0.5, 0.6) is 11.5 Å². The van der Waals surface area contributed by atoms with Crippen LogP contribution in [0.25, 0.3) is 0 Å². The van der Waals surface area contributed by atoms with Gasteiger partial charge in [0.25, 0.3) is 0 Å². The molecule has 0 aliphatic heterocycles. The lowest BCUT2D eigenvalue weighted by molar-refractivity contribution is -0.0504. The van der Waals surface area contributed by atoms with Crippen molar-refractivity contribution in [2.24, 2.45) is 4.99 Å². The molecule has 0 radical (unpaired) electrons. The van der Waals surface area contributed by atoms with Crippen molar-refractivity contribution in [2.75, 3.05) is 33.9 Å². The highest BCUT2D eigenvalue weighted by atomic mass is 127. The molecule has 0 saturated heterocycles. The first-order valence-corrected chi connectivity index (χ1v) is 8.24. The smallest absolute Gasteiger partial charge is 0.387 e. The number of alkyl halides is 2. The molecular weight excluding hydrogens is 459 g/mol. The van der Waals surface area contributed by atoms with Crippen molar-refractivity contribution in [3.8, 4) is 11.5 Å². The van der Waals surface area contributed by atoms with Gasteiger partial charge in [0, 0.05) is 38.9 Å². The first-order chi connectivity index (χ1) is 12.1. The first kappa shape index (κ1) is 24.6. The van der Waals surface area contributed by atoms with Gasteiger partial charge in [0.1, 0.15) is 11.5 Å². The summed E-state index contributed by atoms with van der Waals surface area (Å²) in [5, 5.41) is 6.25. The Bertz CT molecular complexity index is 534. The zero-order valence-corrected chi connectivity index (χ0v) is 17.7. The normalized spacial score (nSPS) is 11.1. The molecule has 1 rings (SSSR count). The van der Waals surface area contributed by atoms with E-state index in [-0.39, 0.29) is 36.3 Å². The van der Waals surface area contributed by atoms with Gasteiger partial charge >= 0.3 is 6.61 Å². The van der Waals surface area contributed by atoms with Gasteiger partial charge in [0.05, 0.1) is 7.11 Å². The van der Waals surface area contributed by atoms with E-state index in [4.69, 9.17) is 9.47 Å². The second-order valence-corrected chi connectivity index (χ2v) is 5.11. The molecule has 150 valence electrons. The van der Waals surface area contributed by atoms with Gasteiger partial charge in [-0.2, -0.15) is 8.78 Å². The Morgan fingerprint density at radius 3 is 2.62 bits per heavy atom. The molecule has 0 aromatic heterocycles. The summed E-state index contributed by atoms with van der Waals surface area (Å²) in [5.41, 5.74) is 0.555. The molecule has 0 atom stereocenters. The van der Waals surface area contributed by atoms with Crippen molar-refractivity contribution in [3.63, 3.8) is 0 Å². The standard InChI is InChI=1S/C17H27F2N3O3.HI/c1-4-24-10-6-5-9-21-17(20-2)22-12-13-11-14(23-3)7-8-15(13)25-16(18)19;/h7-8,11,16H,4-6,9-10,12H2,1-3H3,(H2,20,21,22);1H. The second kappa shape index (κ2) is 14.8. The number of benzene rings is 1. The third kappa shape index (κ3) is 9.95. The van der Waals surface area contributed by atoms with Crippen LogP contribution in [0.4, 0.5) is 8.78 Å². The number of hydrogen-bond donors (Lipinski definition) is 2. The number of hydrogen-bond acceptors (Lipinski definition) is 4. The fourth-order valence-corrected chi connectivity index (χ4v) is 2.11. The number of halogens is 3. The first-order valence-electron chi connectivity index (χ1n) is 8.24. The van der Waals surface area contributed by atoms with E-state index in [9.17, 15) is 8.78 Å². The number of unbranched alkanes of at least 4 members (excludes halogenated alkanes) is 1. The summed E-state index contributed by atoms with van der Waals surface area (Å²) in [6.07, 6.45) is 1.90. The lowest BCUT2D eigenvalue weighted by Gasteiger charge is -2.15. The van der Waals surface area contributed by atoms with Crippen LogP contribution in [-0.2, 0) is 11.3 Å². The van der Waals surface area contributed by atoms with Crippen LogP contribution >= 0.6 is 24.0 Å². The van der Waals surface area contributed by atoms with Crippen LogP contribution in [-0.4, -0.2) is 46.5 Å². The van der Waals surface area contributed by atoms with E-state index in [0.717, 1.165) is 32.6 Å². The molecule has 0 saturated carbocycles. The second-order valence-electron chi connectivity index (χ2n) is 5.11. The Hall–Kier alpha value is -1.36. The van der Waals surface area contributed by atoms with Crippen LogP contribution in [0.3, 0.4) is 0 Å². The maximum Gasteiger partial charge on any atom is 0.387 e. The molecule has 1 aromatic carbocycles. The molecule has 0 spiro atoms. The average Bonchev–Trinajstić information content (AvgIpc) is 2.61. The minimum absolute atomic E-state index is 0. The van der Waals surface area contributed by atoms with Crippen molar-refractivity contribution in [2.45, 2.75) is 32.9 Å². The predicted octanol–water partition coefficient (Wildman–Crippen LogP) is 3.40. The minimum atomic E-state index is -2.88. The number of guanidine groups is 1. The van der Waals surface area contributed by atoms with Crippen molar-refractivity contribution in [1.82, 2.24) is 10.6 Å². The Morgan fingerprint density at radius 1 is 1.23 bits per heavy atom. The van der Waals surface area contributed by atoms with Crippen molar-refractivity contribution in [3.05, 3.63) is 23.8 Å². The van der Waals surface area contributed by atoms with Crippen molar-refractivity contribution < 1.29 is 23.0 Å². The Kier molecular flexibility index (Phi) is 14.0. The zero-order chi connectivity index (χ0) is 18.5. The van der Waals surface area contributed by atoms with Gasteiger partial charge in [-0.3, -0.25) is 4.99 Å². The van der Waals surface area contributed by atoms with Gasteiger partial charge in [-0.1, -0.05) is 0 Å². The van der Waals surface area contributed by atoms with E-state index in [1.54, 1.807) is 19.2 Å². The summed E-state index contributed by atoms with van der Waals surface area (Å²) < 4.78 is 40.0. The van der Waals surface area contributed by atoms with Gasteiger partial charge in [-0.25, -0.2) is 0 Å². The molecule has 0 aliphatic rings.